The third kappa shape index (κ3) is 3.35. The molecule has 78 valence electrons. The van der Waals surface area contributed by atoms with Crippen LogP contribution in [0.25, 0.3) is 0 Å². The van der Waals surface area contributed by atoms with E-state index in [1.54, 1.807) is 0 Å². The van der Waals surface area contributed by atoms with Crippen LogP contribution in [0.3, 0.4) is 0 Å². The largest absolute Gasteiger partial charge is 0.388 e. The molecule has 1 N–H and O–H groups in total. The first-order valence-corrected chi connectivity index (χ1v) is 6.17. The van der Waals surface area contributed by atoms with Crippen LogP contribution in [0.15, 0.2) is 29.2 Å². The van der Waals surface area contributed by atoms with Crippen LogP contribution in [0.5, 0.6) is 0 Å². The van der Waals surface area contributed by atoms with Crippen LogP contribution >= 0.6 is 11.8 Å². The van der Waals surface area contributed by atoms with Crippen LogP contribution in [-0.2, 0) is 0 Å². The van der Waals surface area contributed by atoms with Gasteiger partial charge in [0, 0.05) is 4.90 Å². The Labute approximate surface area is 90.5 Å². The molecule has 0 saturated carbocycles. The maximum absolute atomic E-state index is 9.59. The third-order valence-electron chi connectivity index (χ3n) is 2.12. The second-order valence-corrected chi connectivity index (χ2v) is 4.51. The van der Waals surface area contributed by atoms with Crippen molar-refractivity contribution in [2.24, 2.45) is 0 Å². The molecule has 14 heavy (non-hydrogen) atoms. The molecule has 0 spiro atoms. The Morgan fingerprint density at radius 3 is 2.36 bits per heavy atom. The van der Waals surface area contributed by atoms with Gasteiger partial charge in [0.2, 0.25) is 0 Å². The van der Waals surface area contributed by atoms with Crippen molar-refractivity contribution in [1.29, 1.82) is 0 Å². The van der Waals surface area contributed by atoms with Gasteiger partial charge < -0.3 is 5.11 Å². The van der Waals surface area contributed by atoms with Crippen molar-refractivity contribution >= 4 is 11.8 Å². The van der Waals surface area contributed by atoms with E-state index in [0.29, 0.717) is 0 Å². The van der Waals surface area contributed by atoms with E-state index in [1.165, 1.54) is 11.3 Å². The lowest BCUT2D eigenvalue weighted by Crippen LogP contribution is -1.94. The number of benzene rings is 1. The average molecular weight is 210 g/mol. The molecular formula is C12H18OS. The van der Waals surface area contributed by atoms with E-state index in [2.05, 4.69) is 19.1 Å². The Balaban J connectivity index is 2.59. The Morgan fingerprint density at radius 2 is 1.86 bits per heavy atom. The Bertz CT molecular complexity index is 256. The van der Waals surface area contributed by atoms with Gasteiger partial charge in [-0.1, -0.05) is 26.0 Å². The maximum Gasteiger partial charge on any atom is 0.0787 e. The highest BCUT2D eigenvalue weighted by Gasteiger charge is 2.03. The lowest BCUT2D eigenvalue weighted by molar-refractivity contribution is 0.173. The minimum absolute atomic E-state index is 0.305. The molecule has 0 heterocycles. The van der Waals surface area contributed by atoms with Crippen LogP contribution < -0.4 is 0 Å². The van der Waals surface area contributed by atoms with Gasteiger partial charge in [0.05, 0.1) is 6.10 Å². The first kappa shape index (κ1) is 11.6. The number of aliphatic hydroxyl groups is 1. The normalized spacial score (nSPS) is 12.8. The highest BCUT2D eigenvalue weighted by atomic mass is 32.2. The average Bonchev–Trinajstić information content (AvgIpc) is 2.26. The molecule has 0 aliphatic heterocycles. The fourth-order valence-electron chi connectivity index (χ4n) is 1.24. The van der Waals surface area contributed by atoms with Gasteiger partial charge >= 0.3 is 0 Å². The Hall–Kier alpha value is -0.470. The van der Waals surface area contributed by atoms with Crippen LogP contribution in [-0.4, -0.2) is 10.9 Å². The predicted octanol–water partition coefficient (Wildman–Crippen LogP) is 3.63. The second-order valence-electron chi connectivity index (χ2n) is 3.34. The lowest BCUT2D eigenvalue weighted by atomic mass is 10.1. The molecule has 0 aliphatic carbocycles. The van der Waals surface area contributed by atoms with E-state index in [4.69, 9.17) is 0 Å². The molecule has 2 heteroatoms. The highest BCUT2D eigenvalue weighted by molar-refractivity contribution is 7.99. The zero-order valence-corrected chi connectivity index (χ0v) is 9.68. The number of thioether (sulfide) groups is 1. The molecule has 0 aliphatic rings. The van der Waals surface area contributed by atoms with E-state index in [-0.39, 0.29) is 6.10 Å². The zero-order chi connectivity index (χ0) is 10.4. The monoisotopic (exact) mass is 210 g/mol. The summed E-state index contributed by atoms with van der Waals surface area (Å²) in [6.45, 7) is 4.17. The summed E-state index contributed by atoms with van der Waals surface area (Å²) in [7, 11) is 0. The molecule has 0 saturated heterocycles. The van der Waals surface area contributed by atoms with Crippen LogP contribution in [0.1, 0.15) is 38.4 Å². The molecule has 1 atom stereocenters. The third-order valence-corrected chi connectivity index (χ3v) is 3.34. The Morgan fingerprint density at radius 1 is 1.21 bits per heavy atom. The summed E-state index contributed by atoms with van der Waals surface area (Å²) in [5.41, 5.74) is 1.02. The first-order chi connectivity index (χ1) is 6.77. The fraction of sp³-hybridized carbons (Fsp3) is 0.500. The summed E-state index contributed by atoms with van der Waals surface area (Å²) in [4.78, 5) is 1.29. The molecule has 0 unspecified atom stereocenters. The van der Waals surface area contributed by atoms with Crippen molar-refractivity contribution in [2.75, 3.05) is 5.75 Å². The minimum atomic E-state index is -0.305. The summed E-state index contributed by atoms with van der Waals surface area (Å²) < 4.78 is 0. The molecule has 0 amide bonds. The predicted molar refractivity (Wildman–Crippen MR) is 62.7 cm³/mol. The minimum Gasteiger partial charge on any atom is -0.388 e. The maximum atomic E-state index is 9.59. The van der Waals surface area contributed by atoms with Crippen molar-refractivity contribution in [1.82, 2.24) is 0 Å². The van der Waals surface area contributed by atoms with E-state index in [9.17, 15) is 5.11 Å². The number of aliphatic hydroxyl groups excluding tert-OH is 1. The summed E-state index contributed by atoms with van der Waals surface area (Å²) in [5, 5.41) is 9.59. The standard InChI is InChI=1S/C12H18OS/c1-3-9-14-11-7-5-10(6-8-11)12(13)4-2/h5-8,12-13H,3-4,9H2,1-2H3/t12-/m1/s1. The topological polar surface area (TPSA) is 20.2 Å². The Kier molecular flexibility index (Phi) is 5.05. The van der Waals surface area contributed by atoms with Crippen molar-refractivity contribution in [3.05, 3.63) is 29.8 Å². The summed E-state index contributed by atoms with van der Waals surface area (Å²) >= 11 is 1.87. The summed E-state index contributed by atoms with van der Waals surface area (Å²) in [6, 6.07) is 8.22. The van der Waals surface area contributed by atoms with Gasteiger partial charge in [0.15, 0.2) is 0 Å². The molecule has 1 nitrogen and oxygen atoms in total. The number of hydrogen-bond donors (Lipinski definition) is 1. The zero-order valence-electron chi connectivity index (χ0n) is 8.86. The molecular weight excluding hydrogens is 192 g/mol. The number of rotatable bonds is 5. The van der Waals surface area contributed by atoms with Gasteiger partial charge in [0.25, 0.3) is 0 Å². The van der Waals surface area contributed by atoms with Crippen LogP contribution in [0.2, 0.25) is 0 Å². The second kappa shape index (κ2) is 6.10. The molecule has 1 aromatic carbocycles. The van der Waals surface area contributed by atoms with Gasteiger partial charge in [-0.15, -0.1) is 11.8 Å². The van der Waals surface area contributed by atoms with E-state index in [1.807, 2.05) is 30.8 Å². The van der Waals surface area contributed by atoms with Gasteiger partial charge in [-0.3, -0.25) is 0 Å². The molecule has 1 rings (SSSR count). The first-order valence-electron chi connectivity index (χ1n) is 5.18. The lowest BCUT2D eigenvalue weighted by Gasteiger charge is -2.08. The van der Waals surface area contributed by atoms with Crippen LogP contribution in [0.4, 0.5) is 0 Å². The fourth-order valence-corrected chi connectivity index (χ4v) is 2.01. The molecule has 0 aromatic heterocycles. The highest BCUT2D eigenvalue weighted by Crippen LogP contribution is 2.22. The number of hydrogen-bond acceptors (Lipinski definition) is 2. The van der Waals surface area contributed by atoms with Crippen molar-refractivity contribution in [3.63, 3.8) is 0 Å². The summed E-state index contributed by atoms with van der Waals surface area (Å²) in [6.07, 6.45) is 1.67. The van der Waals surface area contributed by atoms with Gasteiger partial charge in [0.1, 0.15) is 0 Å². The van der Waals surface area contributed by atoms with E-state index < -0.39 is 0 Å². The van der Waals surface area contributed by atoms with E-state index >= 15 is 0 Å². The smallest absolute Gasteiger partial charge is 0.0787 e. The molecule has 0 bridgehead atoms. The van der Waals surface area contributed by atoms with Gasteiger partial charge in [-0.25, -0.2) is 0 Å². The van der Waals surface area contributed by atoms with Gasteiger partial charge in [-0.2, -0.15) is 0 Å². The van der Waals surface area contributed by atoms with Gasteiger partial charge in [-0.05, 0) is 36.3 Å². The SMILES string of the molecule is CCCSc1ccc([C@H](O)CC)cc1. The van der Waals surface area contributed by atoms with E-state index in [0.717, 1.165) is 17.7 Å². The van der Waals surface area contributed by atoms with Crippen molar-refractivity contribution < 1.29 is 5.11 Å². The van der Waals surface area contributed by atoms with Crippen molar-refractivity contribution in [2.45, 2.75) is 37.7 Å². The molecule has 0 radical (unpaired) electrons. The summed E-state index contributed by atoms with van der Waals surface area (Å²) in [5.74, 6) is 1.16. The van der Waals surface area contributed by atoms with Crippen LogP contribution in [0, 0.1) is 0 Å². The van der Waals surface area contributed by atoms with Crippen molar-refractivity contribution in [3.8, 4) is 0 Å². The quantitative estimate of drug-likeness (QED) is 0.749. The molecule has 0 fully saturated rings. The molecule has 1 aromatic rings.